The Kier molecular flexibility index (Phi) is 7.35. The number of hydrogen-bond acceptors (Lipinski definition) is 7. The first-order valence-electron chi connectivity index (χ1n) is 6.60. The van der Waals surface area contributed by atoms with E-state index in [0.717, 1.165) is 0 Å². The molecule has 5 N–H and O–H groups in total. The predicted molar refractivity (Wildman–Crippen MR) is 69.9 cm³/mol. The maximum atomic E-state index is 11.1. The van der Waals surface area contributed by atoms with Crippen LogP contribution in [0.4, 0.5) is 0 Å². The maximum absolute atomic E-state index is 11.1. The number of likely N-dealkylation sites (tertiary alicyclic amines) is 1. The number of aliphatic hydroxyl groups excluding tert-OH is 3. The molecule has 1 aliphatic rings. The van der Waals surface area contributed by atoms with Crippen LogP contribution in [0.25, 0.3) is 0 Å². The van der Waals surface area contributed by atoms with E-state index in [2.05, 4.69) is 0 Å². The summed E-state index contributed by atoms with van der Waals surface area (Å²) in [5.41, 5.74) is 5.15. The molecule has 1 heterocycles. The first-order chi connectivity index (χ1) is 9.52. The Balaban J connectivity index is 2.57. The van der Waals surface area contributed by atoms with E-state index in [0.29, 0.717) is 26.4 Å². The number of nitrogens with two attached hydrogens (primary N) is 1. The van der Waals surface area contributed by atoms with Gasteiger partial charge in [0, 0.05) is 26.1 Å². The number of methoxy groups -OCH3 is 1. The Morgan fingerprint density at radius 2 is 1.85 bits per heavy atom. The highest BCUT2D eigenvalue weighted by atomic mass is 16.5. The molecule has 118 valence electrons. The smallest absolute Gasteiger partial charge is 0.219 e. The van der Waals surface area contributed by atoms with Gasteiger partial charge in [-0.1, -0.05) is 0 Å². The summed E-state index contributed by atoms with van der Waals surface area (Å²) in [4.78, 5) is 12.7. The van der Waals surface area contributed by atoms with Gasteiger partial charge in [0.1, 0.15) is 0 Å². The lowest BCUT2D eigenvalue weighted by Gasteiger charge is -2.28. The molecule has 0 aromatic heterocycles. The molecule has 0 unspecified atom stereocenters. The molecule has 8 heteroatoms. The number of rotatable bonds is 9. The zero-order chi connectivity index (χ0) is 15.1. The van der Waals surface area contributed by atoms with Crippen molar-refractivity contribution >= 4 is 5.91 Å². The predicted octanol–water partition coefficient (Wildman–Crippen LogP) is -2.71. The number of carbonyl (C=O) groups excluding carboxylic acids is 1. The van der Waals surface area contributed by atoms with Gasteiger partial charge in [0.15, 0.2) is 0 Å². The summed E-state index contributed by atoms with van der Waals surface area (Å²) in [5.74, 6) is -0.565. The van der Waals surface area contributed by atoms with Crippen molar-refractivity contribution in [2.45, 2.75) is 30.7 Å². The van der Waals surface area contributed by atoms with Crippen molar-refractivity contribution < 1.29 is 29.6 Å². The van der Waals surface area contributed by atoms with E-state index in [-0.39, 0.29) is 13.0 Å². The Bertz CT molecular complexity index is 304. The Morgan fingerprint density at radius 3 is 2.40 bits per heavy atom. The highest BCUT2D eigenvalue weighted by Crippen LogP contribution is 2.26. The van der Waals surface area contributed by atoms with Crippen LogP contribution >= 0.6 is 0 Å². The maximum Gasteiger partial charge on any atom is 0.219 e. The minimum absolute atomic E-state index is 0.0766. The fourth-order valence-corrected chi connectivity index (χ4v) is 2.50. The van der Waals surface area contributed by atoms with Gasteiger partial charge in [0.25, 0.3) is 0 Å². The van der Waals surface area contributed by atoms with Crippen LogP contribution in [-0.2, 0) is 14.3 Å². The van der Waals surface area contributed by atoms with E-state index in [1.807, 2.05) is 0 Å². The lowest BCUT2D eigenvalue weighted by Crippen LogP contribution is -2.44. The summed E-state index contributed by atoms with van der Waals surface area (Å²) in [6, 6.07) is -1.23. The van der Waals surface area contributed by atoms with Crippen LogP contribution in [0.2, 0.25) is 0 Å². The highest BCUT2D eigenvalue weighted by molar-refractivity contribution is 5.74. The third-order valence-corrected chi connectivity index (χ3v) is 3.51. The van der Waals surface area contributed by atoms with E-state index >= 15 is 0 Å². The summed E-state index contributed by atoms with van der Waals surface area (Å²) >= 11 is 0. The summed E-state index contributed by atoms with van der Waals surface area (Å²) in [7, 11) is 1.57. The number of aliphatic hydroxyl groups is 3. The van der Waals surface area contributed by atoms with Gasteiger partial charge in [-0.2, -0.15) is 0 Å². The molecular formula is C12H24N2O6. The Morgan fingerprint density at radius 1 is 1.20 bits per heavy atom. The molecule has 1 amide bonds. The molecule has 1 aliphatic heterocycles. The summed E-state index contributed by atoms with van der Waals surface area (Å²) in [6.07, 6.45) is -2.30. The second-order valence-corrected chi connectivity index (χ2v) is 4.81. The average molecular weight is 292 g/mol. The second kappa shape index (κ2) is 8.50. The van der Waals surface area contributed by atoms with Gasteiger partial charge in [-0.15, -0.1) is 0 Å². The molecule has 0 spiro atoms. The van der Waals surface area contributed by atoms with Crippen LogP contribution in [-0.4, -0.2) is 90.5 Å². The zero-order valence-corrected chi connectivity index (χ0v) is 11.6. The fourth-order valence-electron chi connectivity index (χ4n) is 2.50. The molecule has 1 saturated heterocycles. The van der Waals surface area contributed by atoms with E-state index in [1.165, 1.54) is 0 Å². The second-order valence-electron chi connectivity index (χ2n) is 4.81. The van der Waals surface area contributed by atoms with Gasteiger partial charge in [-0.25, -0.2) is 0 Å². The number of ether oxygens (including phenoxy) is 2. The molecule has 4 atom stereocenters. The summed E-state index contributed by atoms with van der Waals surface area (Å²) in [5, 5.41) is 29.2. The lowest BCUT2D eigenvalue weighted by atomic mass is 10.1. The van der Waals surface area contributed by atoms with Gasteiger partial charge >= 0.3 is 0 Å². The van der Waals surface area contributed by atoms with E-state index in [1.54, 1.807) is 12.0 Å². The molecule has 0 saturated carbocycles. The number of amides is 1. The molecule has 0 radical (unpaired) electrons. The molecule has 0 aromatic rings. The van der Waals surface area contributed by atoms with Gasteiger partial charge in [-0.3, -0.25) is 9.69 Å². The summed E-state index contributed by atoms with van der Waals surface area (Å²) < 4.78 is 10.2. The third-order valence-electron chi connectivity index (χ3n) is 3.51. The third kappa shape index (κ3) is 4.37. The van der Waals surface area contributed by atoms with Crippen molar-refractivity contribution in [1.29, 1.82) is 0 Å². The Hall–Kier alpha value is -0.770. The molecule has 0 bridgehead atoms. The van der Waals surface area contributed by atoms with Crippen LogP contribution in [0.15, 0.2) is 0 Å². The number of nitrogens with zero attached hydrogens (tertiary/aromatic N) is 1. The van der Waals surface area contributed by atoms with Gasteiger partial charge in [0.05, 0.1) is 44.7 Å². The number of primary amides is 1. The van der Waals surface area contributed by atoms with Gasteiger partial charge < -0.3 is 30.5 Å². The molecular weight excluding hydrogens is 268 g/mol. The van der Waals surface area contributed by atoms with E-state index in [4.69, 9.17) is 15.2 Å². The van der Waals surface area contributed by atoms with Gasteiger partial charge in [-0.05, 0) is 0 Å². The van der Waals surface area contributed by atoms with Crippen LogP contribution < -0.4 is 5.73 Å². The van der Waals surface area contributed by atoms with Crippen LogP contribution in [0.1, 0.15) is 6.42 Å². The standard InChI is InChI=1S/C12H24N2O6/c1-19-4-5-20-3-2-14-8(6-10(13)16)11(17)12(18)9(14)7-15/h8-9,11-12,15,17-18H,2-7H2,1H3,(H2,13,16)/t8-,9-,11+,12-/m1/s1. The molecule has 20 heavy (non-hydrogen) atoms. The SMILES string of the molecule is COCCOCCN1[C@H](CC(N)=O)[C@H](O)[C@H](O)[C@H]1CO. The molecule has 0 aliphatic carbocycles. The monoisotopic (exact) mass is 292 g/mol. The van der Waals surface area contributed by atoms with Crippen LogP contribution in [0.5, 0.6) is 0 Å². The van der Waals surface area contributed by atoms with Crippen LogP contribution in [0, 0.1) is 0 Å². The quantitative estimate of drug-likeness (QED) is 0.340. The molecule has 1 fully saturated rings. The van der Waals surface area contributed by atoms with Crippen molar-refractivity contribution in [2.75, 3.05) is 40.1 Å². The molecule has 8 nitrogen and oxygen atoms in total. The lowest BCUT2D eigenvalue weighted by molar-refractivity contribution is -0.120. The largest absolute Gasteiger partial charge is 0.395 e. The minimum atomic E-state index is -1.11. The average Bonchev–Trinajstić information content (AvgIpc) is 2.62. The zero-order valence-electron chi connectivity index (χ0n) is 11.6. The molecule has 1 rings (SSSR count). The van der Waals surface area contributed by atoms with E-state index in [9.17, 15) is 20.1 Å². The summed E-state index contributed by atoms with van der Waals surface area (Å²) in [6.45, 7) is 1.31. The topological polar surface area (TPSA) is 125 Å². The normalized spacial score (nSPS) is 30.8. The number of carbonyl (C=O) groups is 1. The first kappa shape index (κ1) is 17.3. The van der Waals surface area contributed by atoms with E-state index < -0.39 is 30.2 Å². The minimum Gasteiger partial charge on any atom is -0.395 e. The number of hydrogen-bond donors (Lipinski definition) is 4. The Labute approximate surface area is 118 Å². The highest BCUT2D eigenvalue weighted by Gasteiger charge is 2.47. The van der Waals surface area contributed by atoms with Crippen molar-refractivity contribution in [3.05, 3.63) is 0 Å². The van der Waals surface area contributed by atoms with Crippen molar-refractivity contribution in [1.82, 2.24) is 4.90 Å². The fraction of sp³-hybridized carbons (Fsp3) is 0.917. The first-order valence-corrected chi connectivity index (χ1v) is 6.60. The van der Waals surface area contributed by atoms with Crippen molar-refractivity contribution in [3.8, 4) is 0 Å². The van der Waals surface area contributed by atoms with Crippen molar-refractivity contribution in [3.63, 3.8) is 0 Å². The van der Waals surface area contributed by atoms with Crippen LogP contribution in [0.3, 0.4) is 0 Å². The van der Waals surface area contributed by atoms with Gasteiger partial charge in [0.2, 0.25) is 5.91 Å². The molecule has 0 aromatic carbocycles. The van der Waals surface area contributed by atoms with Crippen molar-refractivity contribution in [2.24, 2.45) is 5.73 Å².